The lowest BCUT2D eigenvalue weighted by molar-refractivity contribution is 0.501. The zero-order chi connectivity index (χ0) is 18.0. The van der Waals surface area contributed by atoms with Gasteiger partial charge in [-0.2, -0.15) is 0 Å². The van der Waals surface area contributed by atoms with Gasteiger partial charge in [-0.05, 0) is 41.3 Å². The zero-order valence-electron chi connectivity index (χ0n) is 15.9. The molecule has 0 nitrogen and oxygen atoms in total. The van der Waals surface area contributed by atoms with Crippen molar-refractivity contribution in [3.05, 3.63) is 102 Å². The third-order valence-electron chi connectivity index (χ3n) is 6.38. The Labute approximate surface area is 158 Å². The molecule has 0 amide bonds. The largest absolute Gasteiger partial charge is 0.0842 e. The van der Waals surface area contributed by atoms with Crippen molar-refractivity contribution in [2.45, 2.75) is 37.9 Å². The van der Waals surface area contributed by atoms with E-state index in [0.29, 0.717) is 5.41 Å². The molecule has 0 spiro atoms. The minimum Gasteiger partial charge on any atom is -0.0652 e. The summed E-state index contributed by atoms with van der Waals surface area (Å²) >= 11 is 0. The molecule has 1 saturated carbocycles. The number of rotatable bonds is 6. The van der Waals surface area contributed by atoms with Gasteiger partial charge in [0.25, 0.3) is 0 Å². The van der Waals surface area contributed by atoms with Crippen molar-refractivity contribution in [1.29, 1.82) is 0 Å². The van der Waals surface area contributed by atoms with Crippen LogP contribution in [0.25, 0.3) is 0 Å². The molecule has 132 valence electrons. The highest BCUT2D eigenvalue weighted by molar-refractivity contribution is 6.91. The lowest BCUT2D eigenvalue weighted by Crippen LogP contribution is -2.43. The molecule has 0 N–H and O–H groups in total. The van der Waals surface area contributed by atoms with E-state index in [1.807, 2.05) is 0 Å². The highest BCUT2D eigenvalue weighted by Crippen LogP contribution is 2.65. The van der Waals surface area contributed by atoms with Crippen molar-refractivity contribution < 1.29 is 0 Å². The van der Waals surface area contributed by atoms with Gasteiger partial charge in [0.05, 0.1) is 8.07 Å². The highest BCUT2D eigenvalue weighted by Gasteiger charge is 2.60. The van der Waals surface area contributed by atoms with Crippen LogP contribution >= 0.6 is 0 Å². The van der Waals surface area contributed by atoms with Gasteiger partial charge in [-0.1, -0.05) is 109 Å². The quantitative estimate of drug-likeness (QED) is 0.486. The summed E-state index contributed by atoms with van der Waals surface area (Å²) < 4.78 is 0. The smallest absolute Gasteiger partial charge is 0.0652 e. The third-order valence-corrected chi connectivity index (χ3v) is 10.8. The molecule has 0 saturated heterocycles. The Balaban J connectivity index is 1.65. The molecule has 3 aromatic rings. The summed E-state index contributed by atoms with van der Waals surface area (Å²) in [5.41, 5.74) is 4.25. The average molecular weight is 357 g/mol. The maximum Gasteiger partial charge on any atom is 0.0842 e. The molecule has 26 heavy (non-hydrogen) atoms. The summed E-state index contributed by atoms with van der Waals surface area (Å²) in [6.07, 6.45) is 3.78. The van der Waals surface area contributed by atoms with E-state index in [1.165, 1.54) is 30.4 Å². The van der Waals surface area contributed by atoms with E-state index in [4.69, 9.17) is 0 Å². The summed E-state index contributed by atoms with van der Waals surface area (Å²) in [7, 11) is -1.49. The second-order valence-electron chi connectivity index (χ2n) is 8.53. The molecule has 0 heterocycles. The van der Waals surface area contributed by atoms with Crippen molar-refractivity contribution >= 4 is 13.3 Å². The molecule has 0 aliphatic heterocycles. The third kappa shape index (κ3) is 3.41. The van der Waals surface area contributed by atoms with Crippen LogP contribution in [-0.4, -0.2) is 8.07 Å². The van der Waals surface area contributed by atoms with Crippen LogP contribution in [0.3, 0.4) is 0 Å². The SMILES string of the molecule is C[Si](C)(c1ccccc1)C1CC1(Cc1ccccc1)Cc1ccccc1. The fraction of sp³-hybridized carbons (Fsp3) is 0.280. The van der Waals surface area contributed by atoms with Gasteiger partial charge in [0, 0.05) is 0 Å². The second-order valence-corrected chi connectivity index (χ2v) is 13.2. The number of hydrogen-bond acceptors (Lipinski definition) is 0. The van der Waals surface area contributed by atoms with E-state index in [-0.39, 0.29) is 0 Å². The average Bonchev–Trinajstić information content (AvgIpc) is 3.38. The van der Waals surface area contributed by atoms with Crippen LogP contribution in [0, 0.1) is 5.41 Å². The Morgan fingerprint density at radius 1 is 0.692 bits per heavy atom. The van der Waals surface area contributed by atoms with Crippen LogP contribution in [0.2, 0.25) is 18.6 Å². The van der Waals surface area contributed by atoms with Crippen molar-refractivity contribution in [3.8, 4) is 0 Å². The van der Waals surface area contributed by atoms with Gasteiger partial charge in [-0.25, -0.2) is 0 Å². The Morgan fingerprint density at radius 2 is 1.12 bits per heavy atom. The summed E-state index contributed by atoms with van der Waals surface area (Å²) in [4.78, 5) is 0. The lowest BCUT2D eigenvalue weighted by atomic mass is 9.89. The second kappa shape index (κ2) is 6.89. The minimum atomic E-state index is -1.49. The number of hydrogen-bond donors (Lipinski definition) is 0. The molecule has 3 aromatic carbocycles. The van der Waals surface area contributed by atoms with Crippen LogP contribution < -0.4 is 5.19 Å². The molecule has 1 aliphatic rings. The van der Waals surface area contributed by atoms with Gasteiger partial charge in [-0.3, -0.25) is 0 Å². The van der Waals surface area contributed by atoms with E-state index in [0.717, 1.165) is 5.54 Å². The van der Waals surface area contributed by atoms with Crippen molar-refractivity contribution in [3.63, 3.8) is 0 Å². The van der Waals surface area contributed by atoms with Gasteiger partial charge in [0.1, 0.15) is 0 Å². The first kappa shape index (κ1) is 17.3. The number of benzene rings is 3. The first-order chi connectivity index (χ1) is 12.6. The van der Waals surface area contributed by atoms with Crippen LogP contribution in [0.1, 0.15) is 17.5 Å². The fourth-order valence-electron chi connectivity index (χ4n) is 4.90. The summed E-state index contributed by atoms with van der Waals surface area (Å²) in [5.74, 6) is 0. The highest BCUT2D eigenvalue weighted by atomic mass is 28.3. The molecule has 1 fully saturated rings. The van der Waals surface area contributed by atoms with Crippen molar-refractivity contribution in [1.82, 2.24) is 0 Å². The maximum absolute atomic E-state index is 2.57. The van der Waals surface area contributed by atoms with Crippen LogP contribution in [0.5, 0.6) is 0 Å². The molecular weight excluding hydrogens is 328 g/mol. The predicted molar refractivity (Wildman–Crippen MR) is 115 cm³/mol. The van der Waals surface area contributed by atoms with E-state index in [1.54, 1.807) is 5.19 Å². The molecule has 0 bridgehead atoms. The minimum absolute atomic E-state index is 0.425. The first-order valence-electron chi connectivity index (χ1n) is 9.74. The van der Waals surface area contributed by atoms with E-state index in [9.17, 15) is 0 Å². The van der Waals surface area contributed by atoms with Gasteiger partial charge in [-0.15, -0.1) is 0 Å². The summed E-state index contributed by atoms with van der Waals surface area (Å²) in [6, 6.07) is 33.5. The molecule has 1 heteroatoms. The molecule has 0 aromatic heterocycles. The molecule has 1 aliphatic carbocycles. The fourth-order valence-corrected chi connectivity index (χ4v) is 9.00. The van der Waals surface area contributed by atoms with E-state index < -0.39 is 8.07 Å². The Hall–Kier alpha value is -2.12. The van der Waals surface area contributed by atoms with Gasteiger partial charge < -0.3 is 0 Å². The Morgan fingerprint density at radius 3 is 1.58 bits per heavy atom. The Kier molecular flexibility index (Phi) is 4.58. The van der Waals surface area contributed by atoms with Crippen LogP contribution in [-0.2, 0) is 12.8 Å². The molecular formula is C25H28Si. The zero-order valence-corrected chi connectivity index (χ0v) is 16.9. The summed E-state index contributed by atoms with van der Waals surface area (Å²) in [5, 5.41) is 1.60. The Bertz CT molecular complexity index is 796. The molecule has 0 radical (unpaired) electrons. The van der Waals surface area contributed by atoms with E-state index in [2.05, 4.69) is 104 Å². The molecule has 1 unspecified atom stereocenters. The van der Waals surface area contributed by atoms with Crippen LogP contribution in [0.4, 0.5) is 0 Å². The van der Waals surface area contributed by atoms with Crippen molar-refractivity contribution in [2.75, 3.05) is 0 Å². The monoisotopic (exact) mass is 356 g/mol. The van der Waals surface area contributed by atoms with Gasteiger partial charge in [0.2, 0.25) is 0 Å². The summed E-state index contributed by atoms with van der Waals surface area (Å²) in [6.45, 7) is 5.15. The normalized spacial score (nSPS) is 18.5. The van der Waals surface area contributed by atoms with Crippen molar-refractivity contribution in [2.24, 2.45) is 5.41 Å². The first-order valence-corrected chi connectivity index (χ1v) is 12.8. The molecule has 1 atom stereocenters. The maximum atomic E-state index is 2.57. The topological polar surface area (TPSA) is 0 Å². The van der Waals surface area contributed by atoms with Crippen LogP contribution in [0.15, 0.2) is 91.0 Å². The standard InChI is InChI=1S/C25H28Si/c1-26(2,23-16-10-5-11-17-23)24-20-25(24,18-21-12-6-3-7-13-21)19-22-14-8-4-9-15-22/h3-17,24H,18-20H2,1-2H3. The van der Waals surface area contributed by atoms with Gasteiger partial charge >= 0.3 is 0 Å². The van der Waals surface area contributed by atoms with Gasteiger partial charge in [0.15, 0.2) is 0 Å². The van der Waals surface area contributed by atoms with E-state index >= 15 is 0 Å². The lowest BCUT2D eigenvalue weighted by Gasteiger charge is -2.28. The molecule has 4 rings (SSSR count). The predicted octanol–water partition coefficient (Wildman–Crippen LogP) is 5.85.